The van der Waals surface area contributed by atoms with Gasteiger partial charge in [0.15, 0.2) is 18.1 Å². The van der Waals surface area contributed by atoms with Gasteiger partial charge in [0.05, 0.1) is 5.56 Å². The summed E-state index contributed by atoms with van der Waals surface area (Å²) in [4.78, 5) is 10.7. The number of aromatic carboxylic acids is 1. The first-order valence-corrected chi connectivity index (χ1v) is 4.40. The maximum atomic E-state index is 10.7. The van der Waals surface area contributed by atoms with Gasteiger partial charge in [-0.05, 0) is 18.2 Å². The minimum Gasteiger partial charge on any atom is -0.483 e. The Morgan fingerprint density at radius 3 is 3.00 bits per heavy atom. The first-order chi connectivity index (χ1) is 7.20. The molecule has 0 saturated carbocycles. The Hall–Kier alpha value is -1.75. The predicted molar refractivity (Wildman–Crippen MR) is 50.3 cm³/mol. The molecular weight excluding hydrogens is 200 g/mol. The highest BCUT2D eigenvalue weighted by atomic mass is 16.7. The lowest BCUT2D eigenvalue weighted by atomic mass is 10.2. The predicted octanol–water partition coefficient (Wildman–Crippen LogP) is 1.13. The third-order valence-corrected chi connectivity index (χ3v) is 2.09. The molecule has 0 aliphatic carbocycles. The van der Waals surface area contributed by atoms with E-state index in [0.29, 0.717) is 18.1 Å². The van der Waals surface area contributed by atoms with Crippen molar-refractivity contribution in [1.29, 1.82) is 0 Å². The summed E-state index contributed by atoms with van der Waals surface area (Å²) < 4.78 is 15.6. The van der Waals surface area contributed by atoms with Crippen molar-refractivity contribution < 1.29 is 24.1 Å². The normalized spacial score (nSPS) is 18.6. The smallest absolute Gasteiger partial charge is 0.335 e. The first kappa shape index (κ1) is 9.79. The van der Waals surface area contributed by atoms with E-state index >= 15 is 0 Å². The zero-order valence-electron chi connectivity index (χ0n) is 8.10. The van der Waals surface area contributed by atoms with Gasteiger partial charge < -0.3 is 19.3 Å². The van der Waals surface area contributed by atoms with E-state index in [1.54, 1.807) is 6.07 Å². The summed E-state index contributed by atoms with van der Waals surface area (Å²) in [6, 6.07) is 4.46. The number of carbonyl (C=O) groups is 1. The number of benzene rings is 1. The van der Waals surface area contributed by atoms with Gasteiger partial charge in [-0.2, -0.15) is 0 Å². The molecular formula is C10H10O5. The fourth-order valence-corrected chi connectivity index (χ4v) is 1.30. The van der Waals surface area contributed by atoms with E-state index in [-0.39, 0.29) is 5.56 Å². The summed E-state index contributed by atoms with van der Waals surface area (Å²) in [5.74, 6) is -0.0674. The van der Waals surface area contributed by atoms with Crippen molar-refractivity contribution in [3.63, 3.8) is 0 Å². The third kappa shape index (κ3) is 1.87. The van der Waals surface area contributed by atoms with E-state index in [0.717, 1.165) is 0 Å². The molecule has 0 aromatic heterocycles. The number of ether oxygens (including phenoxy) is 3. The largest absolute Gasteiger partial charge is 0.483 e. The van der Waals surface area contributed by atoms with Crippen LogP contribution in [0.1, 0.15) is 10.4 Å². The number of hydrogen-bond acceptors (Lipinski definition) is 4. The van der Waals surface area contributed by atoms with Gasteiger partial charge in [0.2, 0.25) is 6.29 Å². The summed E-state index contributed by atoms with van der Waals surface area (Å²) in [5, 5.41) is 8.78. The molecule has 5 heteroatoms. The van der Waals surface area contributed by atoms with Crippen molar-refractivity contribution in [3.05, 3.63) is 23.8 Å². The van der Waals surface area contributed by atoms with E-state index in [1.807, 2.05) is 0 Å². The van der Waals surface area contributed by atoms with Crippen LogP contribution in [0, 0.1) is 0 Å². The van der Waals surface area contributed by atoms with Gasteiger partial charge >= 0.3 is 5.97 Å². The Labute approximate surface area is 86.2 Å². The van der Waals surface area contributed by atoms with Crippen LogP contribution in [0.4, 0.5) is 0 Å². The number of fused-ring (bicyclic) bond motifs is 1. The van der Waals surface area contributed by atoms with Gasteiger partial charge in [-0.3, -0.25) is 0 Å². The third-order valence-electron chi connectivity index (χ3n) is 2.09. The van der Waals surface area contributed by atoms with Crippen LogP contribution in [0.25, 0.3) is 0 Å². The molecule has 1 N–H and O–H groups in total. The zero-order chi connectivity index (χ0) is 10.8. The van der Waals surface area contributed by atoms with Crippen molar-refractivity contribution in [3.8, 4) is 11.5 Å². The number of hydrogen-bond donors (Lipinski definition) is 1. The Bertz CT molecular complexity index is 387. The molecule has 15 heavy (non-hydrogen) atoms. The van der Waals surface area contributed by atoms with Gasteiger partial charge in [0, 0.05) is 7.11 Å². The van der Waals surface area contributed by atoms with Crippen LogP contribution in [0.3, 0.4) is 0 Å². The fourth-order valence-electron chi connectivity index (χ4n) is 1.30. The second kappa shape index (κ2) is 3.78. The molecule has 1 aromatic rings. The fraction of sp³-hybridized carbons (Fsp3) is 0.300. The standard InChI is InChI=1S/C10H10O5/c1-13-9-5-14-7-3-2-6(10(11)12)4-8(7)15-9/h2-4,9H,5H2,1H3,(H,11,12). The van der Waals surface area contributed by atoms with Crippen LogP contribution in [0.5, 0.6) is 11.5 Å². The first-order valence-electron chi connectivity index (χ1n) is 4.40. The summed E-state index contributed by atoms with van der Waals surface area (Å²) in [6.45, 7) is 0.302. The molecule has 1 atom stereocenters. The Balaban J connectivity index is 2.30. The topological polar surface area (TPSA) is 65.0 Å². The molecule has 80 valence electrons. The van der Waals surface area contributed by atoms with Crippen LogP contribution in [-0.2, 0) is 4.74 Å². The lowest BCUT2D eigenvalue weighted by molar-refractivity contribution is -0.0943. The summed E-state index contributed by atoms with van der Waals surface area (Å²) in [7, 11) is 1.50. The Kier molecular flexibility index (Phi) is 2.47. The molecule has 0 saturated heterocycles. The van der Waals surface area contributed by atoms with E-state index in [4.69, 9.17) is 19.3 Å². The average Bonchev–Trinajstić information content (AvgIpc) is 2.27. The number of carboxylic acids is 1. The SMILES string of the molecule is COC1COc2ccc(C(=O)O)cc2O1. The van der Waals surface area contributed by atoms with Gasteiger partial charge in [0.1, 0.15) is 0 Å². The monoisotopic (exact) mass is 210 g/mol. The van der Waals surface area contributed by atoms with Gasteiger partial charge in [-0.15, -0.1) is 0 Å². The zero-order valence-corrected chi connectivity index (χ0v) is 8.10. The molecule has 1 heterocycles. The maximum absolute atomic E-state index is 10.7. The summed E-state index contributed by atoms with van der Waals surface area (Å²) in [6.07, 6.45) is -0.485. The second-order valence-electron chi connectivity index (χ2n) is 3.06. The number of rotatable bonds is 2. The van der Waals surface area contributed by atoms with E-state index in [2.05, 4.69) is 0 Å². The lowest BCUT2D eigenvalue weighted by Gasteiger charge is -2.25. The highest BCUT2D eigenvalue weighted by Crippen LogP contribution is 2.32. The van der Waals surface area contributed by atoms with Gasteiger partial charge in [-0.25, -0.2) is 4.79 Å². The average molecular weight is 210 g/mol. The highest BCUT2D eigenvalue weighted by Gasteiger charge is 2.21. The van der Waals surface area contributed by atoms with Crippen molar-refractivity contribution in [2.24, 2.45) is 0 Å². The molecule has 1 unspecified atom stereocenters. The van der Waals surface area contributed by atoms with Crippen LogP contribution >= 0.6 is 0 Å². The number of methoxy groups -OCH3 is 1. The van der Waals surface area contributed by atoms with Crippen molar-refractivity contribution in [2.75, 3.05) is 13.7 Å². The summed E-state index contributed by atoms with van der Waals surface area (Å²) >= 11 is 0. The van der Waals surface area contributed by atoms with Crippen LogP contribution in [0.15, 0.2) is 18.2 Å². The van der Waals surface area contributed by atoms with Crippen LogP contribution in [0.2, 0.25) is 0 Å². The molecule has 1 aliphatic heterocycles. The van der Waals surface area contributed by atoms with E-state index < -0.39 is 12.3 Å². The lowest BCUT2D eigenvalue weighted by Crippen LogP contribution is -2.30. The Morgan fingerprint density at radius 2 is 2.33 bits per heavy atom. The van der Waals surface area contributed by atoms with E-state index in [1.165, 1.54) is 19.2 Å². The van der Waals surface area contributed by atoms with Crippen molar-refractivity contribution in [1.82, 2.24) is 0 Å². The molecule has 1 aromatic carbocycles. The molecule has 0 spiro atoms. The van der Waals surface area contributed by atoms with E-state index in [9.17, 15) is 4.79 Å². The molecule has 0 bridgehead atoms. The quantitative estimate of drug-likeness (QED) is 0.792. The van der Waals surface area contributed by atoms with Crippen molar-refractivity contribution >= 4 is 5.97 Å². The summed E-state index contributed by atoms with van der Waals surface area (Å²) in [5.41, 5.74) is 0.161. The highest BCUT2D eigenvalue weighted by molar-refractivity contribution is 5.88. The van der Waals surface area contributed by atoms with Gasteiger partial charge in [0.25, 0.3) is 0 Å². The molecule has 1 aliphatic rings. The minimum absolute atomic E-state index is 0.161. The molecule has 0 fully saturated rings. The van der Waals surface area contributed by atoms with Gasteiger partial charge in [-0.1, -0.05) is 0 Å². The number of carboxylic acid groups (broad SMARTS) is 1. The molecule has 0 radical (unpaired) electrons. The molecule has 0 amide bonds. The van der Waals surface area contributed by atoms with Crippen molar-refractivity contribution in [2.45, 2.75) is 6.29 Å². The maximum Gasteiger partial charge on any atom is 0.335 e. The van der Waals surface area contributed by atoms with Crippen LogP contribution in [-0.4, -0.2) is 31.1 Å². The van der Waals surface area contributed by atoms with Crippen LogP contribution < -0.4 is 9.47 Å². The minimum atomic E-state index is -0.999. The second-order valence-corrected chi connectivity index (χ2v) is 3.06. The Morgan fingerprint density at radius 1 is 1.53 bits per heavy atom. The molecule has 5 nitrogen and oxygen atoms in total. The molecule has 2 rings (SSSR count).